The number of H-pyrrole nitrogens is 1. The molecule has 1 aliphatic carbocycles. The van der Waals surface area contributed by atoms with Crippen LogP contribution in [-0.4, -0.2) is 63.7 Å². The van der Waals surface area contributed by atoms with E-state index in [-0.39, 0.29) is 25.0 Å². The first-order valence-corrected chi connectivity index (χ1v) is 14.3. The van der Waals surface area contributed by atoms with Gasteiger partial charge in [-0.05, 0) is 54.4 Å². The van der Waals surface area contributed by atoms with Crippen molar-refractivity contribution >= 4 is 28.7 Å². The highest BCUT2D eigenvalue weighted by molar-refractivity contribution is 6.33. The maximum atomic E-state index is 11.0. The van der Waals surface area contributed by atoms with E-state index in [4.69, 9.17) is 41.0 Å². The van der Waals surface area contributed by atoms with Crippen LogP contribution in [0.3, 0.4) is 0 Å². The number of carboxylic acid groups (broad SMARTS) is 1. The molecular formula is C31H34ClN3O6. The Labute approximate surface area is 243 Å². The number of imidazole rings is 1. The van der Waals surface area contributed by atoms with Crippen molar-refractivity contribution in [1.29, 1.82) is 0 Å². The summed E-state index contributed by atoms with van der Waals surface area (Å²) in [5.74, 6) is -0.528. The zero-order chi connectivity index (χ0) is 28.6. The van der Waals surface area contributed by atoms with Crippen molar-refractivity contribution in [3.63, 3.8) is 0 Å². The van der Waals surface area contributed by atoms with E-state index in [1.165, 1.54) is 0 Å². The number of halogens is 1. The average Bonchev–Trinajstić information content (AvgIpc) is 3.36. The Hall–Kier alpha value is -3.50. The first kappa shape index (κ1) is 29.0. The summed E-state index contributed by atoms with van der Waals surface area (Å²) in [6, 6.07) is 18.5. The van der Waals surface area contributed by atoms with Gasteiger partial charge in [-0.2, -0.15) is 4.98 Å². The molecular weight excluding hydrogens is 546 g/mol. The van der Waals surface area contributed by atoms with E-state index >= 15 is 0 Å². The predicted molar refractivity (Wildman–Crippen MR) is 156 cm³/mol. The molecule has 0 amide bonds. The molecule has 1 saturated carbocycles. The van der Waals surface area contributed by atoms with Crippen LogP contribution < -0.4 is 4.74 Å². The Morgan fingerprint density at radius 1 is 0.902 bits per heavy atom. The molecule has 9 nitrogen and oxygen atoms in total. The van der Waals surface area contributed by atoms with E-state index in [0.717, 1.165) is 47.9 Å². The summed E-state index contributed by atoms with van der Waals surface area (Å²) in [6.07, 6.45) is 3.50. The molecule has 3 N–H and O–H groups in total. The molecule has 5 rings (SSSR count). The van der Waals surface area contributed by atoms with Crippen LogP contribution in [0.4, 0.5) is 0 Å². The van der Waals surface area contributed by atoms with Crippen LogP contribution in [0.2, 0.25) is 5.02 Å². The van der Waals surface area contributed by atoms with Gasteiger partial charge in [-0.1, -0.05) is 60.1 Å². The molecule has 0 unspecified atom stereocenters. The smallest absolute Gasteiger partial charge is 0.303 e. The lowest BCUT2D eigenvalue weighted by molar-refractivity contribution is -0.138. The quantitative estimate of drug-likeness (QED) is 0.168. The maximum Gasteiger partial charge on any atom is 0.303 e. The molecule has 0 radical (unpaired) electrons. The lowest BCUT2D eigenvalue weighted by atomic mass is 9.85. The second-order valence-corrected chi connectivity index (χ2v) is 10.7. The van der Waals surface area contributed by atoms with Crippen LogP contribution >= 0.6 is 11.6 Å². The number of hydrogen-bond donors (Lipinski definition) is 3. The molecule has 4 aromatic rings. The van der Waals surface area contributed by atoms with Gasteiger partial charge in [0.25, 0.3) is 6.01 Å². The molecule has 0 aliphatic heterocycles. The number of carboxylic acids is 1. The number of aliphatic carboxylic acids is 1. The third kappa shape index (κ3) is 7.83. The van der Waals surface area contributed by atoms with E-state index in [1.807, 2.05) is 42.5 Å². The number of pyridine rings is 1. The molecule has 0 bridgehead atoms. The van der Waals surface area contributed by atoms with Crippen molar-refractivity contribution in [2.45, 2.75) is 44.8 Å². The molecule has 0 saturated heterocycles. The van der Waals surface area contributed by atoms with Gasteiger partial charge >= 0.3 is 5.97 Å². The van der Waals surface area contributed by atoms with Crippen molar-refractivity contribution in [2.75, 3.05) is 26.4 Å². The number of aromatic nitrogens is 3. The van der Waals surface area contributed by atoms with Gasteiger partial charge in [-0.3, -0.25) is 4.79 Å². The Balaban J connectivity index is 1.20. The van der Waals surface area contributed by atoms with Gasteiger partial charge in [0.2, 0.25) is 0 Å². The van der Waals surface area contributed by atoms with Gasteiger partial charge in [0.05, 0.1) is 49.3 Å². The minimum absolute atomic E-state index is 0.00155. The molecule has 10 heteroatoms. The molecule has 1 fully saturated rings. The number of hydrogen-bond acceptors (Lipinski definition) is 7. The van der Waals surface area contributed by atoms with Gasteiger partial charge in [0.15, 0.2) is 5.65 Å². The van der Waals surface area contributed by atoms with Crippen LogP contribution in [0.15, 0.2) is 54.6 Å². The number of aromatic amines is 1. The Kier molecular flexibility index (Phi) is 9.84. The monoisotopic (exact) mass is 579 g/mol. The Bertz CT molecular complexity index is 1430. The summed E-state index contributed by atoms with van der Waals surface area (Å²) in [5, 5.41) is 18.3. The van der Waals surface area contributed by atoms with Gasteiger partial charge in [-0.15, -0.1) is 0 Å². The summed E-state index contributed by atoms with van der Waals surface area (Å²) in [4.78, 5) is 23.4. The highest BCUT2D eigenvalue weighted by atomic mass is 35.5. The number of ether oxygens (including phenoxy) is 3. The number of carbonyl (C=O) groups is 1. The van der Waals surface area contributed by atoms with Crippen LogP contribution in [0.25, 0.3) is 33.5 Å². The second kappa shape index (κ2) is 13.9. The van der Waals surface area contributed by atoms with Gasteiger partial charge < -0.3 is 29.4 Å². The highest BCUT2D eigenvalue weighted by Gasteiger charge is 2.25. The first-order chi connectivity index (χ1) is 20.0. The van der Waals surface area contributed by atoms with Crippen molar-refractivity contribution < 1.29 is 29.2 Å². The number of nitrogens with zero attached hydrogens (tertiary/aromatic N) is 2. The lowest BCUT2D eigenvalue weighted by Gasteiger charge is -2.27. The normalized spacial score (nSPS) is 17.1. The van der Waals surface area contributed by atoms with E-state index < -0.39 is 5.97 Å². The molecule has 0 atom stereocenters. The third-order valence-corrected chi connectivity index (χ3v) is 7.55. The summed E-state index contributed by atoms with van der Waals surface area (Å²) >= 11 is 6.62. The van der Waals surface area contributed by atoms with Crippen molar-refractivity contribution in [3.05, 3.63) is 65.2 Å². The van der Waals surface area contributed by atoms with E-state index in [9.17, 15) is 4.79 Å². The number of nitrogens with one attached hydrogen (secondary N) is 1. The fraction of sp³-hybridized carbons (Fsp3) is 0.387. The molecule has 1 aliphatic rings. The number of benzene rings is 2. The molecule has 2 aromatic carbocycles. The lowest BCUT2D eigenvalue weighted by Crippen LogP contribution is -2.25. The number of aliphatic hydroxyl groups is 1. The molecule has 2 aromatic heterocycles. The zero-order valence-electron chi connectivity index (χ0n) is 22.7. The van der Waals surface area contributed by atoms with Crippen LogP contribution in [0, 0.1) is 5.92 Å². The number of fused-ring (bicyclic) bond motifs is 1. The predicted octanol–water partition coefficient (Wildman–Crippen LogP) is 5.88. The Morgan fingerprint density at radius 2 is 1.56 bits per heavy atom. The fourth-order valence-electron chi connectivity index (χ4n) is 5.10. The Morgan fingerprint density at radius 3 is 2.24 bits per heavy atom. The van der Waals surface area contributed by atoms with Crippen molar-refractivity contribution in [2.24, 2.45) is 5.92 Å². The van der Waals surface area contributed by atoms with Crippen LogP contribution in [0.5, 0.6) is 6.01 Å². The minimum atomic E-state index is -0.741. The van der Waals surface area contributed by atoms with Crippen molar-refractivity contribution in [3.8, 4) is 28.4 Å². The van der Waals surface area contributed by atoms with Gasteiger partial charge in [0, 0.05) is 12.0 Å². The van der Waals surface area contributed by atoms with Gasteiger partial charge in [-0.25, -0.2) is 4.98 Å². The average molecular weight is 580 g/mol. The SMILES string of the molecule is O=C(O)C[C@H]1CC[C@H](Oc2nc3nc(-c4ccc(-c5ccc(COCCOCCO)cc5)cc4)c(Cl)cc3[nH]2)CC1. The van der Waals surface area contributed by atoms with Crippen LogP contribution in [-0.2, 0) is 20.9 Å². The summed E-state index contributed by atoms with van der Waals surface area (Å²) in [6.45, 7) is 1.79. The number of aliphatic hydroxyl groups excluding tert-OH is 1. The number of rotatable bonds is 13. The minimum Gasteiger partial charge on any atom is -0.481 e. The summed E-state index contributed by atoms with van der Waals surface area (Å²) in [5.41, 5.74) is 6.00. The molecule has 0 spiro atoms. The zero-order valence-corrected chi connectivity index (χ0v) is 23.5. The molecule has 216 valence electrons. The van der Waals surface area contributed by atoms with E-state index in [2.05, 4.69) is 22.1 Å². The maximum absolute atomic E-state index is 11.0. The van der Waals surface area contributed by atoms with E-state index in [0.29, 0.717) is 54.3 Å². The third-order valence-electron chi connectivity index (χ3n) is 7.26. The second-order valence-electron chi connectivity index (χ2n) is 10.3. The fourth-order valence-corrected chi connectivity index (χ4v) is 5.36. The first-order valence-electron chi connectivity index (χ1n) is 13.9. The summed E-state index contributed by atoms with van der Waals surface area (Å²) < 4.78 is 16.9. The van der Waals surface area contributed by atoms with Crippen molar-refractivity contribution in [1.82, 2.24) is 15.0 Å². The molecule has 2 heterocycles. The largest absolute Gasteiger partial charge is 0.481 e. The van der Waals surface area contributed by atoms with Gasteiger partial charge in [0.1, 0.15) is 6.10 Å². The molecule has 41 heavy (non-hydrogen) atoms. The summed E-state index contributed by atoms with van der Waals surface area (Å²) in [7, 11) is 0. The van der Waals surface area contributed by atoms with E-state index in [1.54, 1.807) is 0 Å². The topological polar surface area (TPSA) is 127 Å². The highest BCUT2D eigenvalue weighted by Crippen LogP contribution is 2.33. The van der Waals surface area contributed by atoms with Crippen LogP contribution in [0.1, 0.15) is 37.7 Å². The standard InChI is InChI=1S/C31H34ClN3O6/c32-26-18-27-30(35-31(33-27)41-25-11-3-20(4-12-25)17-28(37)38)34-29(26)24-9-7-23(8-10-24)22-5-1-21(2-6-22)19-40-16-15-39-14-13-36/h1-2,5-10,18,20,25,36H,3-4,11-17,19H2,(H,37,38)(H,33,34,35)/t20-,25-.